The van der Waals surface area contributed by atoms with Gasteiger partial charge in [0, 0.05) is 18.2 Å². The van der Waals surface area contributed by atoms with Gasteiger partial charge < -0.3 is 10.1 Å². The van der Waals surface area contributed by atoms with E-state index < -0.39 is 10.7 Å². The molecule has 110 valence electrons. The minimum absolute atomic E-state index is 0.119. The Morgan fingerprint density at radius 2 is 2.14 bits per heavy atom. The van der Waals surface area contributed by atoms with Crippen molar-refractivity contribution in [2.24, 2.45) is 0 Å². The zero-order valence-electron chi connectivity index (χ0n) is 11.1. The van der Waals surface area contributed by atoms with E-state index in [4.69, 9.17) is 16.3 Å². The summed E-state index contributed by atoms with van der Waals surface area (Å²) in [6, 6.07) is 8.37. The number of nitrogens with zero attached hydrogens (tertiary/aromatic N) is 1. The third kappa shape index (κ3) is 3.48. The van der Waals surface area contributed by atoms with Crippen molar-refractivity contribution in [2.45, 2.75) is 6.54 Å². The number of nitro benzene ring substituents is 1. The van der Waals surface area contributed by atoms with Gasteiger partial charge in [0.2, 0.25) is 0 Å². The van der Waals surface area contributed by atoms with Crippen LogP contribution in [0.3, 0.4) is 0 Å². The minimum atomic E-state index is -0.820. The van der Waals surface area contributed by atoms with Gasteiger partial charge in [-0.15, -0.1) is 0 Å². The summed E-state index contributed by atoms with van der Waals surface area (Å²) < 4.78 is 19.3. The van der Waals surface area contributed by atoms with Gasteiger partial charge in [0.05, 0.1) is 16.0 Å². The lowest BCUT2D eigenvalue weighted by Gasteiger charge is -2.13. The number of nitrogens with one attached hydrogen (secondary N) is 1. The first-order chi connectivity index (χ1) is 10.0. The van der Waals surface area contributed by atoms with Crippen molar-refractivity contribution in [3.05, 3.63) is 62.9 Å². The highest BCUT2D eigenvalue weighted by atomic mass is 35.5. The Kier molecular flexibility index (Phi) is 4.72. The zero-order chi connectivity index (χ0) is 15.4. The quantitative estimate of drug-likeness (QED) is 0.672. The van der Waals surface area contributed by atoms with Gasteiger partial charge >= 0.3 is 0 Å². The van der Waals surface area contributed by atoms with Gasteiger partial charge in [0.15, 0.2) is 17.3 Å². The first-order valence-corrected chi connectivity index (χ1v) is 6.44. The molecular formula is C14H12ClFN2O3. The van der Waals surface area contributed by atoms with Gasteiger partial charge in [-0.3, -0.25) is 10.1 Å². The lowest BCUT2D eigenvalue weighted by atomic mass is 10.2. The van der Waals surface area contributed by atoms with Gasteiger partial charge in [0.1, 0.15) is 0 Å². The van der Waals surface area contributed by atoms with E-state index >= 15 is 0 Å². The topological polar surface area (TPSA) is 64.4 Å². The molecule has 0 aliphatic heterocycles. The molecule has 7 heteroatoms. The summed E-state index contributed by atoms with van der Waals surface area (Å²) in [4.78, 5) is 9.91. The maximum absolute atomic E-state index is 13.9. The molecule has 0 saturated heterocycles. The van der Waals surface area contributed by atoms with Crippen molar-refractivity contribution < 1.29 is 14.1 Å². The van der Waals surface area contributed by atoms with Crippen LogP contribution in [0.5, 0.6) is 11.5 Å². The van der Waals surface area contributed by atoms with Crippen LogP contribution in [0.4, 0.5) is 10.1 Å². The number of rotatable bonds is 5. The Hall–Kier alpha value is -2.18. The molecule has 0 aliphatic carbocycles. The molecule has 0 saturated carbocycles. The van der Waals surface area contributed by atoms with Gasteiger partial charge in [-0.2, -0.15) is 0 Å². The number of nitro groups is 1. The van der Waals surface area contributed by atoms with Crippen molar-refractivity contribution in [1.82, 2.24) is 5.32 Å². The molecule has 2 rings (SSSR count). The lowest BCUT2D eigenvalue weighted by molar-refractivity contribution is -0.385. The van der Waals surface area contributed by atoms with Crippen LogP contribution in [0.15, 0.2) is 36.4 Å². The molecule has 0 bridgehead atoms. The molecule has 0 fully saturated rings. The van der Waals surface area contributed by atoms with Crippen LogP contribution in [-0.4, -0.2) is 12.0 Å². The van der Waals surface area contributed by atoms with Gasteiger partial charge in [-0.05, 0) is 19.2 Å². The molecule has 0 aliphatic rings. The normalized spacial score (nSPS) is 10.4. The molecule has 5 nitrogen and oxygen atoms in total. The van der Waals surface area contributed by atoms with Gasteiger partial charge in [-0.25, -0.2) is 4.39 Å². The Morgan fingerprint density at radius 3 is 2.76 bits per heavy atom. The van der Waals surface area contributed by atoms with Crippen LogP contribution in [0.25, 0.3) is 0 Å². The van der Waals surface area contributed by atoms with Crippen LogP contribution >= 0.6 is 11.6 Å². The Morgan fingerprint density at radius 1 is 1.38 bits per heavy atom. The van der Waals surface area contributed by atoms with Crippen LogP contribution in [-0.2, 0) is 6.54 Å². The van der Waals surface area contributed by atoms with E-state index in [-0.39, 0.29) is 11.4 Å². The van der Waals surface area contributed by atoms with E-state index in [2.05, 4.69) is 5.32 Å². The monoisotopic (exact) mass is 310 g/mol. The number of non-ortho nitro benzene ring substituents is 1. The summed E-state index contributed by atoms with van der Waals surface area (Å²) in [6.45, 7) is 0.491. The van der Waals surface area contributed by atoms with E-state index in [0.29, 0.717) is 17.3 Å². The number of benzene rings is 2. The van der Waals surface area contributed by atoms with Crippen molar-refractivity contribution in [2.75, 3.05) is 7.05 Å². The first-order valence-electron chi connectivity index (χ1n) is 6.06. The van der Waals surface area contributed by atoms with Crippen molar-refractivity contribution in [3.8, 4) is 11.5 Å². The molecule has 2 aromatic rings. The second-order valence-corrected chi connectivity index (χ2v) is 4.64. The second-order valence-electron chi connectivity index (χ2n) is 4.23. The molecule has 0 atom stereocenters. The SMILES string of the molecule is CNCc1cccc(Cl)c1Oc1ccc([N+](=O)[O-])cc1F. The predicted molar refractivity (Wildman–Crippen MR) is 77.3 cm³/mol. The van der Waals surface area contributed by atoms with Crippen LogP contribution in [0, 0.1) is 15.9 Å². The fraction of sp³-hybridized carbons (Fsp3) is 0.143. The molecular weight excluding hydrogens is 299 g/mol. The van der Waals surface area contributed by atoms with Crippen molar-refractivity contribution >= 4 is 17.3 Å². The molecule has 0 unspecified atom stereocenters. The molecule has 0 spiro atoms. The molecule has 0 aromatic heterocycles. The number of para-hydroxylation sites is 1. The summed E-state index contributed by atoms with van der Waals surface area (Å²) in [7, 11) is 1.76. The largest absolute Gasteiger partial charge is 0.452 e. The molecule has 1 N–H and O–H groups in total. The van der Waals surface area contributed by atoms with E-state index in [0.717, 1.165) is 11.6 Å². The maximum Gasteiger partial charge on any atom is 0.272 e. The minimum Gasteiger partial charge on any atom is -0.452 e. The average molecular weight is 311 g/mol. The number of hydrogen-bond acceptors (Lipinski definition) is 4. The Balaban J connectivity index is 2.36. The second kappa shape index (κ2) is 6.51. The Labute approximate surface area is 125 Å². The third-order valence-electron chi connectivity index (χ3n) is 2.75. The van der Waals surface area contributed by atoms with E-state index in [1.165, 1.54) is 12.1 Å². The molecule has 0 amide bonds. The van der Waals surface area contributed by atoms with Gasteiger partial charge in [0.25, 0.3) is 5.69 Å². The summed E-state index contributed by atoms with van der Waals surface area (Å²) >= 11 is 6.07. The van der Waals surface area contributed by atoms with E-state index in [1.54, 1.807) is 25.2 Å². The Bertz CT molecular complexity index is 679. The van der Waals surface area contributed by atoms with Crippen LogP contribution in [0.2, 0.25) is 5.02 Å². The summed E-state index contributed by atoms with van der Waals surface area (Å²) in [6.07, 6.45) is 0. The molecule has 2 aromatic carbocycles. The van der Waals surface area contributed by atoms with Crippen LogP contribution < -0.4 is 10.1 Å². The highest BCUT2D eigenvalue weighted by Crippen LogP contribution is 2.34. The van der Waals surface area contributed by atoms with Gasteiger partial charge in [-0.1, -0.05) is 23.7 Å². The highest BCUT2D eigenvalue weighted by Gasteiger charge is 2.15. The molecule has 21 heavy (non-hydrogen) atoms. The van der Waals surface area contributed by atoms with E-state index in [9.17, 15) is 14.5 Å². The molecule has 0 heterocycles. The predicted octanol–water partition coefficient (Wildman–Crippen LogP) is 3.90. The smallest absolute Gasteiger partial charge is 0.272 e. The third-order valence-corrected chi connectivity index (χ3v) is 3.05. The summed E-state index contributed by atoms with van der Waals surface area (Å²) in [5.74, 6) is -0.619. The summed E-state index contributed by atoms with van der Waals surface area (Å²) in [5.41, 5.74) is 0.414. The van der Waals surface area contributed by atoms with Crippen molar-refractivity contribution in [1.29, 1.82) is 0 Å². The number of halogens is 2. The van der Waals surface area contributed by atoms with Crippen LogP contribution in [0.1, 0.15) is 5.56 Å². The number of hydrogen-bond donors (Lipinski definition) is 1. The molecule has 0 radical (unpaired) electrons. The highest BCUT2D eigenvalue weighted by molar-refractivity contribution is 6.32. The van der Waals surface area contributed by atoms with Crippen molar-refractivity contribution in [3.63, 3.8) is 0 Å². The standard InChI is InChI=1S/C14H12ClFN2O3/c1-17-8-9-3-2-4-11(15)14(9)21-13-6-5-10(18(19)20)7-12(13)16/h2-7,17H,8H2,1H3. The lowest BCUT2D eigenvalue weighted by Crippen LogP contribution is -2.06. The maximum atomic E-state index is 13.9. The fourth-order valence-corrected chi connectivity index (χ4v) is 2.03. The number of ether oxygens (including phenoxy) is 1. The fourth-order valence-electron chi connectivity index (χ4n) is 1.79. The summed E-state index contributed by atoms with van der Waals surface area (Å²) in [5, 5.41) is 13.9. The first kappa shape index (κ1) is 15.2. The average Bonchev–Trinajstić information content (AvgIpc) is 2.44. The zero-order valence-corrected chi connectivity index (χ0v) is 11.9. The van der Waals surface area contributed by atoms with E-state index in [1.807, 2.05) is 0 Å².